The molecule has 0 unspecified atom stereocenters. The lowest BCUT2D eigenvalue weighted by molar-refractivity contribution is 0.0979. The number of benzene rings is 2. The first-order valence-corrected chi connectivity index (χ1v) is 7.52. The molecule has 0 bridgehead atoms. The lowest BCUT2D eigenvalue weighted by Gasteiger charge is -2.30. The summed E-state index contributed by atoms with van der Waals surface area (Å²) < 4.78 is 42.0. The van der Waals surface area contributed by atoms with Gasteiger partial charge < -0.3 is 4.90 Å². The molecule has 6 heteroatoms. The third kappa shape index (κ3) is 2.52. The highest BCUT2D eigenvalue weighted by Crippen LogP contribution is 2.34. The highest BCUT2D eigenvalue weighted by molar-refractivity contribution is 9.10. The SMILES string of the molecule is O=C(c1cccc(F)c1F)N1CCCc2cc(Br)cc(F)c21. The average molecular weight is 370 g/mol. The molecule has 0 spiro atoms. The van der Waals surface area contributed by atoms with Crippen molar-refractivity contribution in [1.29, 1.82) is 0 Å². The minimum atomic E-state index is -1.21. The summed E-state index contributed by atoms with van der Waals surface area (Å²) in [6.07, 6.45) is 1.26. The van der Waals surface area contributed by atoms with Gasteiger partial charge in [0, 0.05) is 11.0 Å². The van der Waals surface area contributed by atoms with Crippen LogP contribution in [0.15, 0.2) is 34.8 Å². The predicted octanol–water partition coefficient (Wildman–Crippen LogP) is 4.46. The van der Waals surface area contributed by atoms with Gasteiger partial charge in [0.2, 0.25) is 0 Å². The Hall–Kier alpha value is -1.82. The van der Waals surface area contributed by atoms with Crippen molar-refractivity contribution in [1.82, 2.24) is 0 Å². The molecule has 0 saturated heterocycles. The van der Waals surface area contributed by atoms with Gasteiger partial charge in [0.25, 0.3) is 5.91 Å². The molecule has 3 rings (SSSR count). The molecule has 22 heavy (non-hydrogen) atoms. The number of nitrogens with zero attached hydrogens (tertiary/aromatic N) is 1. The number of aryl methyl sites for hydroxylation is 1. The van der Waals surface area contributed by atoms with Crippen LogP contribution in [0.3, 0.4) is 0 Å². The van der Waals surface area contributed by atoms with Gasteiger partial charge in [0.15, 0.2) is 11.6 Å². The average Bonchev–Trinajstić information content (AvgIpc) is 2.48. The van der Waals surface area contributed by atoms with Crippen molar-refractivity contribution in [2.24, 2.45) is 0 Å². The van der Waals surface area contributed by atoms with E-state index >= 15 is 0 Å². The number of rotatable bonds is 1. The number of fused-ring (bicyclic) bond motifs is 1. The van der Waals surface area contributed by atoms with E-state index in [4.69, 9.17) is 0 Å². The maximum Gasteiger partial charge on any atom is 0.261 e. The van der Waals surface area contributed by atoms with E-state index in [-0.39, 0.29) is 12.2 Å². The minimum Gasteiger partial charge on any atom is -0.305 e. The molecule has 0 aliphatic carbocycles. The summed E-state index contributed by atoms with van der Waals surface area (Å²) in [6, 6.07) is 6.39. The zero-order valence-corrected chi connectivity index (χ0v) is 13.0. The largest absolute Gasteiger partial charge is 0.305 e. The maximum atomic E-state index is 14.2. The van der Waals surface area contributed by atoms with Gasteiger partial charge in [-0.25, -0.2) is 13.2 Å². The van der Waals surface area contributed by atoms with E-state index in [2.05, 4.69) is 15.9 Å². The normalized spacial score (nSPS) is 13.9. The Bertz CT molecular complexity index is 763. The van der Waals surface area contributed by atoms with E-state index in [1.54, 1.807) is 6.07 Å². The highest BCUT2D eigenvalue weighted by atomic mass is 79.9. The minimum absolute atomic E-state index is 0.142. The first-order valence-electron chi connectivity index (χ1n) is 6.73. The predicted molar refractivity (Wildman–Crippen MR) is 80.5 cm³/mol. The summed E-state index contributed by atoms with van der Waals surface area (Å²) >= 11 is 3.21. The van der Waals surface area contributed by atoms with E-state index in [1.165, 1.54) is 23.1 Å². The van der Waals surface area contributed by atoms with Crippen LogP contribution in [0.2, 0.25) is 0 Å². The third-order valence-electron chi connectivity index (χ3n) is 3.63. The quantitative estimate of drug-likeness (QED) is 0.726. The fraction of sp³-hybridized carbons (Fsp3) is 0.188. The second-order valence-corrected chi connectivity index (χ2v) is 5.97. The molecule has 2 aromatic rings. The Kier molecular flexibility index (Phi) is 3.95. The molecule has 1 aliphatic heterocycles. The Morgan fingerprint density at radius 1 is 1.14 bits per heavy atom. The van der Waals surface area contributed by atoms with Crippen LogP contribution in [-0.4, -0.2) is 12.5 Å². The van der Waals surface area contributed by atoms with Crippen LogP contribution in [-0.2, 0) is 6.42 Å². The van der Waals surface area contributed by atoms with Crippen LogP contribution in [0.25, 0.3) is 0 Å². The van der Waals surface area contributed by atoms with Crippen molar-refractivity contribution in [2.45, 2.75) is 12.8 Å². The Morgan fingerprint density at radius 3 is 2.68 bits per heavy atom. The van der Waals surface area contributed by atoms with Gasteiger partial charge in [-0.05, 0) is 42.7 Å². The van der Waals surface area contributed by atoms with Gasteiger partial charge in [0.05, 0.1) is 11.3 Å². The van der Waals surface area contributed by atoms with E-state index in [0.29, 0.717) is 22.9 Å². The smallest absolute Gasteiger partial charge is 0.261 e. The van der Waals surface area contributed by atoms with Crippen molar-refractivity contribution >= 4 is 27.5 Å². The molecule has 1 aliphatic rings. The molecule has 1 heterocycles. The number of anilines is 1. The van der Waals surface area contributed by atoms with E-state index in [9.17, 15) is 18.0 Å². The molecule has 0 radical (unpaired) electrons. The van der Waals surface area contributed by atoms with Crippen molar-refractivity contribution in [3.05, 3.63) is 63.4 Å². The number of hydrogen-bond donors (Lipinski definition) is 0. The standard InChI is InChI=1S/C16H11BrF3NO/c17-10-7-9-3-2-6-21(15(9)13(19)8-10)16(22)11-4-1-5-12(18)14(11)20/h1,4-5,7-8H,2-3,6H2. The number of carbonyl (C=O) groups is 1. The highest BCUT2D eigenvalue weighted by Gasteiger charge is 2.29. The lowest BCUT2D eigenvalue weighted by Crippen LogP contribution is -2.37. The van der Waals surface area contributed by atoms with E-state index < -0.39 is 28.9 Å². The number of carbonyl (C=O) groups excluding carboxylic acids is 1. The first-order chi connectivity index (χ1) is 10.5. The molecule has 1 amide bonds. The summed E-state index contributed by atoms with van der Waals surface area (Å²) in [4.78, 5) is 13.7. The monoisotopic (exact) mass is 369 g/mol. The van der Waals surface area contributed by atoms with Crippen LogP contribution in [0.5, 0.6) is 0 Å². The number of halogens is 4. The Morgan fingerprint density at radius 2 is 1.91 bits per heavy atom. The summed E-state index contributed by atoms with van der Waals surface area (Å²) in [7, 11) is 0. The molecule has 0 N–H and O–H groups in total. The summed E-state index contributed by atoms with van der Waals surface area (Å²) in [5.41, 5.74) is 0.418. The molecule has 0 atom stereocenters. The Labute approximate surface area is 133 Å². The molecule has 0 aromatic heterocycles. The second-order valence-electron chi connectivity index (χ2n) is 5.06. The van der Waals surface area contributed by atoms with Gasteiger partial charge in [-0.1, -0.05) is 22.0 Å². The fourth-order valence-electron chi connectivity index (χ4n) is 2.67. The third-order valence-corrected chi connectivity index (χ3v) is 4.09. The van der Waals surface area contributed by atoms with Crippen molar-refractivity contribution in [3.63, 3.8) is 0 Å². The second kappa shape index (κ2) is 5.76. The van der Waals surface area contributed by atoms with Gasteiger partial charge >= 0.3 is 0 Å². The van der Waals surface area contributed by atoms with E-state index in [0.717, 1.165) is 6.07 Å². The van der Waals surface area contributed by atoms with Gasteiger partial charge in [-0.3, -0.25) is 4.79 Å². The molecule has 2 aromatic carbocycles. The van der Waals surface area contributed by atoms with Crippen molar-refractivity contribution in [3.8, 4) is 0 Å². The molecule has 0 fully saturated rings. The first kappa shape index (κ1) is 15.1. The Balaban J connectivity index is 2.08. The van der Waals surface area contributed by atoms with Crippen LogP contribution < -0.4 is 4.90 Å². The van der Waals surface area contributed by atoms with Crippen molar-refractivity contribution < 1.29 is 18.0 Å². The van der Waals surface area contributed by atoms with Crippen molar-refractivity contribution in [2.75, 3.05) is 11.4 Å². The summed E-state index contributed by atoms with van der Waals surface area (Å²) in [5, 5.41) is 0. The maximum absolute atomic E-state index is 14.2. The molecular weight excluding hydrogens is 359 g/mol. The molecular formula is C16H11BrF3NO. The molecule has 0 saturated carbocycles. The number of hydrogen-bond acceptors (Lipinski definition) is 1. The molecule has 114 valence electrons. The molecule has 2 nitrogen and oxygen atoms in total. The summed E-state index contributed by atoms with van der Waals surface area (Å²) in [5.74, 6) is -3.61. The fourth-order valence-corrected chi connectivity index (χ4v) is 3.15. The number of amides is 1. The van der Waals surface area contributed by atoms with Crippen LogP contribution >= 0.6 is 15.9 Å². The van der Waals surface area contributed by atoms with Crippen LogP contribution in [0.1, 0.15) is 22.3 Å². The summed E-state index contributed by atoms with van der Waals surface area (Å²) in [6.45, 7) is 0.264. The van der Waals surface area contributed by atoms with Crippen LogP contribution in [0.4, 0.5) is 18.9 Å². The van der Waals surface area contributed by atoms with Gasteiger partial charge in [0.1, 0.15) is 5.82 Å². The van der Waals surface area contributed by atoms with Crippen LogP contribution in [0, 0.1) is 17.5 Å². The van der Waals surface area contributed by atoms with Gasteiger partial charge in [-0.2, -0.15) is 0 Å². The van der Waals surface area contributed by atoms with Gasteiger partial charge in [-0.15, -0.1) is 0 Å². The topological polar surface area (TPSA) is 20.3 Å². The van der Waals surface area contributed by atoms with E-state index in [1.807, 2.05) is 0 Å². The lowest BCUT2D eigenvalue weighted by atomic mass is 10.00. The zero-order chi connectivity index (χ0) is 15.9. The zero-order valence-electron chi connectivity index (χ0n) is 11.4.